The van der Waals surface area contributed by atoms with Gasteiger partial charge in [-0.05, 0) is 18.7 Å². The van der Waals surface area contributed by atoms with Crippen LogP contribution in [0.25, 0.3) is 0 Å². The number of nitrogens with zero attached hydrogens (tertiary/aromatic N) is 1. The Kier molecular flexibility index (Phi) is 5.55. The van der Waals surface area contributed by atoms with Crippen LogP contribution in [0.15, 0.2) is 72.6 Å². The minimum absolute atomic E-state index is 0.533. The number of benzene rings is 2. The number of rotatable bonds is 6. The Balaban J connectivity index is 2.32. The van der Waals surface area contributed by atoms with Crippen LogP contribution >= 0.6 is 7.14 Å². The molecule has 106 valence electrons. The molecule has 0 N–H and O–H groups in total. The van der Waals surface area contributed by atoms with Gasteiger partial charge in [-0.3, -0.25) is 0 Å². The van der Waals surface area contributed by atoms with Crippen molar-refractivity contribution in [3.63, 3.8) is 0 Å². The molecule has 3 heteroatoms. The molecule has 0 fully saturated rings. The second-order valence-electron chi connectivity index (χ2n) is 4.76. The molecule has 0 amide bonds. The zero-order valence-corrected chi connectivity index (χ0v) is 12.7. The number of unbranched alkanes of at least 4 members (excludes halogenated alkanes) is 2. The third kappa shape index (κ3) is 3.94. The number of hydrogen-bond donors (Lipinski definition) is 0. The van der Waals surface area contributed by atoms with E-state index in [1.165, 1.54) is 0 Å². The van der Waals surface area contributed by atoms with Gasteiger partial charge in [0.2, 0.25) is 0 Å². The van der Waals surface area contributed by atoms with Crippen LogP contribution in [0.4, 0.5) is 0 Å². The summed E-state index contributed by atoms with van der Waals surface area (Å²) in [4.78, 5) is 0. The predicted molar refractivity (Wildman–Crippen MR) is 88.4 cm³/mol. The van der Waals surface area contributed by atoms with Gasteiger partial charge in [0.15, 0.2) is 7.14 Å². The van der Waals surface area contributed by atoms with Crippen LogP contribution in [0, 0.1) is 11.3 Å². The third-order valence-corrected chi connectivity index (χ3v) is 6.02. The van der Waals surface area contributed by atoms with Gasteiger partial charge < -0.3 is 4.57 Å². The van der Waals surface area contributed by atoms with Crippen LogP contribution in [0.1, 0.15) is 19.3 Å². The molecular formula is C18H18NOP. The summed E-state index contributed by atoms with van der Waals surface area (Å²) in [5.41, 5.74) is 0. The third-order valence-electron chi connectivity index (χ3n) is 3.25. The molecule has 0 heterocycles. The van der Waals surface area contributed by atoms with E-state index in [4.69, 9.17) is 5.26 Å². The standard InChI is InChI=1S/C18H18NOP/c19-15-9-1-2-10-16-21(20,17-11-5-3-6-12-17)18-13-7-4-8-14-18/h3-8,10-14,16H,1-2,9H2/b16-10+. The number of allylic oxidation sites excluding steroid dienone is 1. The molecule has 2 aromatic carbocycles. The average molecular weight is 295 g/mol. The summed E-state index contributed by atoms with van der Waals surface area (Å²) in [6.07, 6.45) is 4.05. The van der Waals surface area contributed by atoms with Crippen molar-refractivity contribution >= 4 is 17.8 Å². The van der Waals surface area contributed by atoms with E-state index in [1.54, 1.807) is 0 Å². The van der Waals surface area contributed by atoms with E-state index in [9.17, 15) is 4.57 Å². The van der Waals surface area contributed by atoms with Gasteiger partial charge in [0.1, 0.15) is 0 Å². The molecule has 0 saturated heterocycles. The molecule has 2 aromatic rings. The molecule has 0 spiro atoms. The first-order valence-corrected chi connectivity index (χ1v) is 8.80. The molecule has 2 nitrogen and oxygen atoms in total. The molecule has 21 heavy (non-hydrogen) atoms. The lowest BCUT2D eigenvalue weighted by Crippen LogP contribution is -2.13. The van der Waals surface area contributed by atoms with E-state index in [1.807, 2.05) is 72.6 Å². The smallest absolute Gasteiger partial charge is 0.163 e. The van der Waals surface area contributed by atoms with Gasteiger partial charge in [-0.2, -0.15) is 5.26 Å². The van der Waals surface area contributed by atoms with Crippen LogP contribution in [-0.2, 0) is 4.57 Å². The fourth-order valence-corrected chi connectivity index (χ4v) is 4.46. The summed E-state index contributed by atoms with van der Waals surface area (Å²) in [5, 5.41) is 10.2. The highest BCUT2D eigenvalue weighted by atomic mass is 31.2. The molecule has 0 unspecified atom stereocenters. The first kappa shape index (κ1) is 15.3. The van der Waals surface area contributed by atoms with Crippen LogP contribution in [0.3, 0.4) is 0 Å². The SMILES string of the molecule is N#CCCC/C=C/P(=O)(c1ccccc1)c1ccccc1. The summed E-state index contributed by atoms with van der Waals surface area (Å²) in [6, 6.07) is 21.3. The molecule has 0 aliphatic heterocycles. The normalized spacial score (nSPS) is 11.4. The Morgan fingerprint density at radius 1 is 0.952 bits per heavy atom. The molecule has 0 aromatic heterocycles. The molecule has 0 saturated carbocycles. The second kappa shape index (κ2) is 7.62. The quantitative estimate of drug-likeness (QED) is 0.591. The summed E-state index contributed by atoms with van der Waals surface area (Å²) in [7, 11) is -2.74. The van der Waals surface area contributed by atoms with Crippen LogP contribution in [0.5, 0.6) is 0 Å². The second-order valence-corrected chi connectivity index (χ2v) is 7.41. The van der Waals surface area contributed by atoms with E-state index < -0.39 is 7.14 Å². The van der Waals surface area contributed by atoms with Crippen molar-refractivity contribution in [2.75, 3.05) is 0 Å². The van der Waals surface area contributed by atoms with Gasteiger partial charge in [-0.25, -0.2) is 0 Å². The maximum Gasteiger partial charge on any atom is 0.163 e. The van der Waals surface area contributed by atoms with Gasteiger partial charge in [-0.1, -0.05) is 66.7 Å². The molecule has 0 atom stereocenters. The Hall–Kier alpha value is -2.10. The monoisotopic (exact) mass is 295 g/mol. The molecule has 2 rings (SSSR count). The molecule has 0 radical (unpaired) electrons. The first-order valence-electron chi connectivity index (χ1n) is 7.03. The van der Waals surface area contributed by atoms with Crippen molar-refractivity contribution in [3.8, 4) is 6.07 Å². The zero-order valence-electron chi connectivity index (χ0n) is 11.9. The maximum absolute atomic E-state index is 13.5. The van der Waals surface area contributed by atoms with Crippen LogP contribution in [-0.4, -0.2) is 0 Å². The summed E-state index contributed by atoms with van der Waals surface area (Å²) < 4.78 is 13.5. The Morgan fingerprint density at radius 3 is 1.95 bits per heavy atom. The van der Waals surface area contributed by atoms with Gasteiger partial charge in [0, 0.05) is 17.0 Å². The highest BCUT2D eigenvalue weighted by Gasteiger charge is 2.23. The lowest BCUT2D eigenvalue weighted by Gasteiger charge is -2.15. The Labute approximate surface area is 126 Å². The molecule has 0 bridgehead atoms. The topological polar surface area (TPSA) is 40.9 Å². The number of nitriles is 1. The fourth-order valence-electron chi connectivity index (χ4n) is 2.14. The first-order chi connectivity index (χ1) is 10.3. The van der Waals surface area contributed by atoms with E-state index >= 15 is 0 Å². The van der Waals surface area contributed by atoms with E-state index in [0.29, 0.717) is 6.42 Å². The van der Waals surface area contributed by atoms with Crippen LogP contribution in [0.2, 0.25) is 0 Å². The summed E-state index contributed by atoms with van der Waals surface area (Å²) >= 11 is 0. The highest BCUT2D eigenvalue weighted by molar-refractivity contribution is 7.81. The highest BCUT2D eigenvalue weighted by Crippen LogP contribution is 2.44. The summed E-state index contributed by atoms with van der Waals surface area (Å²) in [6.45, 7) is 0. The predicted octanol–water partition coefficient (Wildman–Crippen LogP) is 4.21. The van der Waals surface area contributed by atoms with Crippen LogP contribution < -0.4 is 10.6 Å². The fraction of sp³-hybridized carbons (Fsp3) is 0.167. The van der Waals surface area contributed by atoms with Crippen molar-refractivity contribution in [2.45, 2.75) is 19.3 Å². The van der Waals surface area contributed by atoms with Crippen molar-refractivity contribution in [2.24, 2.45) is 0 Å². The maximum atomic E-state index is 13.5. The van der Waals surface area contributed by atoms with E-state index in [0.717, 1.165) is 23.5 Å². The Morgan fingerprint density at radius 2 is 1.48 bits per heavy atom. The van der Waals surface area contributed by atoms with Crippen molar-refractivity contribution in [1.82, 2.24) is 0 Å². The minimum Gasteiger partial charge on any atom is -0.309 e. The number of hydrogen-bond acceptors (Lipinski definition) is 2. The lowest BCUT2D eigenvalue weighted by molar-refractivity contribution is 0.592. The lowest BCUT2D eigenvalue weighted by atomic mass is 10.2. The average Bonchev–Trinajstić information content (AvgIpc) is 2.56. The van der Waals surface area contributed by atoms with Gasteiger partial charge in [-0.15, -0.1) is 0 Å². The minimum atomic E-state index is -2.74. The Bertz CT molecular complexity index is 628. The van der Waals surface area contributed by atoms with Crippen molar-refractivity contribution in [3.05, 3.63) is 72.6 Å². The van der Waals surface area contributed by atoms with E-state index in [-0.39, 0.29) is 0 Å². The molecule has 0 aliphatic rings. The van der Waals surface area contributed by atoms with E-state index in [2.05, 4.69) is 6.07 Å². The molecule has 0 aliphatic carbocycles. The van der Waals surface area contributed by atoms with Crippen molar-refractivity contribution < 1.29 is 4.57 Å². The zero-order chi connectivity index (χ0) is 15.0. The van der Waals surface area contributed by atoms with Crippen molar-refractivity contribution in [1.29, 1.82) is 5.26 Å². The molecular weight excluding hydrogens is 277 g/mol. The van der Waals surface area contributed by atoms with Gasteiger partial charge in [0.25, 0.3) is 0 Å². The largest absolute Gasteiger partial charge is 0.309 e. The van der Waals surface area contributed by atoms with Gasteiger partial charge in [0.05, 0.1) is 6.07 Å². The van der Waals surface area contributed by atoms with Gasteiger partial charge >= 0.3 is 0 Å². The summed E-state index contributed by atoms with van der Waals surface area (Å²) in [5.74, 6) is 1.83.